The Balaban J connectivity index is 2.43. The molecule has 1 N–H and O–H groups in total. The highest BCUT2D eigenvalue weighted by atomic mass is 35.5. The second-order valence-corrected chi connectivity index (χ2v) is 6.56. The summed E-state index contributed by atoms with van der Waals surface area (Å²) < 4.78 is 1.13. The van der Waals surface area contributed by atoms with Gasteiger partial charge in [-0.25, -0.2) is 0 Å². The van der Waals surface area contributed by atoms with Gasteiger partial charge in [0.15, 0.2) is 0 Å². The van der Waals surface area contributed by atoms with E-state index in [9.17, 15) is 5.11 Å². The summed E-state index contributed by atoms with van der Waals surface area (Å²) >= 11 is 14.8. The van der Waals surface area contributed by atoms with E-state index in [2.05, 4.69) is 0 Å². The van der Waals surface area contributed by atoms with E-state index in [4.69, 9.17) is 23.2 Å². The molecule has 0 saturated carbocycles. The van der Waals surface area contributed by atoms with Gasteiger partial charge in [0.05, 0.1) is 4.34 Å². The van der Waals surface area contributed by atoms with Gasteiger partial charge in [-0.2, -0.15) is 0 Å². The molecule has 0 fully saturated rings. The Morgan fingerprint density at radius 2 is 1.94 bits per heavy atom. The van der Waals surface area contributed by atoms with Gasteiger partial charge < -0.3 is 5.11 Å². The standard InChI is InChI=1S/C12H10Cl2OS2/c1-16-9-5-3-2-4-7(9)11(15)8-6-10(13)17-12(8)14/h2-6,11,15H,1H3. The molecule has 1 aromatic heterocycles. The van der Waals surface area contributed by atoms with Gasteiger partial charge >= 0.3 is 0 Å². The summed E-state index contributed by atoms with van der Waals surface area (Å²) in [6.45, 7) is 0. The molecule has 0 radical (unpaired) electrons. The van der Waals surface area contributed by atoms with Crippen LogP contribution in [0.4, 0.5) is 0 Å². The third-order valence-corrected chi connectivity index (χ3v) is 4.74. The van der Waals surface area contributed by atoms with Crippen molar-refractivity contribution in [2.45, 2.75) is 11.0 Å². The smallest absolute Gasteiger partial charge is 0.107 e. The molecule has 2 rings (SSSR count). The summed E-state index contributed by atoms with van der Waals surface area (Å²) in [6.07, 6.45) is 1.25. The number of aliphatic hydroxyl groups excluding tert-OH is 1. The molecule has 1 nitrogen and oxygen atoms in total. The number of rotatable bonds is 3. The molecule has 5 heteroatoms. The Kier molecular flexibility index (Phi) is 4.39. The fourth-order valence-electron chi connectivity index (χ4n) is 1.60. The molecule has 0 bridgehead atoms. The molecule has 0 aliphatic rings. The van der Waals surface area contributed by atoms with Crippen molar-refractivity contribution in [3.63, 3.8) is 0 Å². The zero-order valence-electron chi connectivity index (χ0n) is 8.98. The molecule has 0 saturated heterocycles. The molecule has 17 heavy (non-hydrogen) atoms. The second kappa shape index (κ2) is 5.63. The van der Waals surface area contributed by atoms with E-state index in [1.165, 1.54) is 11.3 Å². The van der Waals surface area contributed by atoms with Gasteiger partial charge in [0, 0.05) is 10.5 Å². The minimum absolute atomic E-state index is 0.540. The highest BCUT2D eigenvalue weighted by molar-refractivity contribution is 7.98. The Morgan fingerprint density at radius 3 is 2.53 bits per heavy atom. The van der Waals surface area contributed by atoms with Crippen LogP contribution in [0.3, 0.4) is 0 Å². The number of thiophene rings is 1. The Labute approximate surface area is 118 Å². The molecule has 0 spiro atoms. The van der Waals surface area contributed by atoms with Crippen LogP contribution in [0.25, 0.3) is 0 Å². The van der Waals surface area contributed by atoms with Gasteiger partial charge in [0.1, 0.15) is 10.4 Å². The molecular formula is C12H10Cl2OS2. The predicted octanol–water partition coefficient (Wildman–Crippen LogP) is 4.86. The highest BCUT2D eigenvalue weighted by Gasteiger charge is 2.19. The Bertz CT molecular complexity index is 525. The molecule has 90 valence electrons. The van der Waals surface area contributed by atoms with Crippen LogP contribution in [0.5, 0.6) is 0 Å². The van der Waals surface area contributed by atoms with Crippen LogP contribution >= 0.6 is 46.3 Å². The second-order valence-electron chi connectivity index (χ2n) is 3.42. The van der Waals surface area contributed by atoms with E-state index in [1.807, 2.05) is 30.5 Å². The van der Waals surface area contributed by atoms with Crippen molar-refractivity contribution in [1.29, 1.82) is 0 Å². The lowest BCUT2D eigenvalue weighted by Gasteiger charge is -2.13. The molecule has 0 amide bonds. The number of halogens is 2. The molecule has 2 aromatic rings. The predicted molar refractivity (Wildman–Crippen MR) is 76.6 cm³/mol. The lowest BCUT2D eigenvalue weighted by Crippen LogP contribution is -2.00. The summed E-state index contributed by atoms with van der Waals surface area (Å²) in [5.41, 5.74) is 1.53. The molecular weight excluding hydrogens is 295 g/mol. The monoisotopic (exact) mass is 304 g/mol. The first-order valence-electron chi connectivity index (χ1n) is 4.89. The third-order valence-electron chi connectivity index (χ3n) is 2.41. The van der Waals surface area contributed by atoms with E-state index in [0.29, 0.717) is 14.2 Å². The maximum atomic E-state index is 10.3. The molecule has 1 aromatic carbocycles. The average molecular weight is 305 g/mol. The van der Waals surface area contributed by atoms with Crippen LogP contribution in [0, 0.1) is 0 Å². The largest absolute Gasteiger partial charge is 0.384 e. The number of aliphatic hydroxyl groups is 1. The lowest BCUT2D eigenvalue weighted by molar-refractivity contribution is 0.218. The third kappa shape index (κ3) is 2.80. The van der Waals surface area contributed by atoms with E-state index in [1.54, 1.807) is 17.8 Å². The minimum Gasteiger partial charge on any atom is -0.384 e. The summed E-state index contributed by atoms with van der Waals surface area (Å²) in [5, 5.41) is 10.3. The van der Waals surface area contributed by atoms with Crippen LogP contribution in [0.15, 0.2) is 35.2 Å². The van der Waals surface area contributed by atoms with Crippen LogP contribution in [0.1, 0.15) is 17.2 Å². The van der Waals surface area contributed by atoms with Gasteiger partial charge in [-0.1, -0.05) is 41.4 Å². The maximum absolute atomic E-state index is 10.3. The van der Waals surface area contributed by atoms with Crippen molar-refractivity contribution in [3.8, 4) is 0 Å². The quantitative estimate of drug-likeness (QED) is 0.817. The molecule has 1 atom stereocenters. The fraction of sp³-hybridized carbons (Fsp3) is 0.167. The maximum Gasteiger partial charge on any atom is 0.107 e. The summed E-state index contributed by atoms with van der Waals surface area (Å²) in [6, 6.07) is 9.45. The van der Waals surface area contributed by atoms with Gasteiger partial charge in [0.25, 0.3) is 0 Å². The Hall–Kier alpha value is -0.190. The number of benzene rings is 1. The highest BCUT2D eigenvalue weighted by Crippen LogP contribution is 2.39. The topological polar surface area (TPSA) is 20.2 Å². The lowest BCUT2D eigenvalue weighted by atomic mass is 10.0. The van der Waals surface area contributed by atoms with Crippen molar-refractivity contribution in [3.05, 3.63) is 50.1 Å². The van der Waals surface area contributed by atoms with E-state index >= 15 is 0 Å². The zero-order chi connectivity index (χ0) is 12.4. The van der Waals surface area contributed by atoms with E-state index < -0.39 is 6.10 Å². The van der Waals surface area contributed by atoms with Gasteiger partial charge in [-0.05, 0) is 24.0 Å². The van der Waals surface area contributed by atoms with Gasteiger partial charge in [0.2, 0.25) is 0 Å². The minimum atomic E-state index is -0.727. The summed E-state index contributed by atoms with van der Waals surface area (Å²) in [4.78, 5) is 1.04. The van der Waals surface area contributed by atoms with E-state index in [-0.39, 0.29) is 0 Å². The first-order chi connectivity index (χ1) is 8.13. The van der Waals surface area contributed by atoms with Crippen molar-refractivity contribution in [1.82, 2.24) is 0 Å². The van der Waals surface area contributed by atoms with Crippen LogP contribution < -0.4 is 0 Å². The molecule has 1 unspecified atom stereocenters. The van der Waals surface area contributed by atoms with Crippen molar-refractivity contribution >= 4 is 46.3 Å². The van der Waals surface area contributed by atoms with Gasteiger partial charge in [-0.15, -0.1) is 23.1 Å². The number of thioether (sulfide) groups is 1. The molecule has 0 aliphatic heterocycles. The normalized spacial score (nSPS) is 12.7. The van der Waals surface area contributed by atoms with Crippen LogP contribution in [-0.4, -0.2) is 11.4 Å². The van der Waals surface area contributed by atoms with Crippen molar-refractivity contribution in [2.24, 2.45) is 0 Å². The summed E-state index contributed by atoms with van der Waals surface area (Å²) in [7, 11) is 0. The summed E-state index contributed by atoms with van der Waals surface area (Å²) in [5.74, 6) is 0. The first-order valence-corrected chi connectivity index (χ1v) is 7.69. The fourth-order valence-corrected chi connectivity index (χ4v) is 3.75. The van der Waals surface area contributed by atoms with E-state index in [0.717, 1.165) is 10.5 Å². The first kappa shape index (κ1) is 13.2. The van der Waals surface area contributed by atoms with Crippen molar-refractivity contribution in [2.75, 3.05) is 6.26 Å². The van der Waals surface area contributed by atoms with Crippen LogP contribution in [-0.2, 0) is 0 Å². The molecule has 0 aliphatic carbocycles. The Morgan fingerprint density at radius 1 is 1.24 bits per heavy atom. The van der Waals surface area contributed by atoms with Gasteiger partial charge in [-0.3, -0.25) is 0 Å². The number of hydrogen-bond acceptors (Lipinski definition) is 3. The molecule has 1 heterocycles. The number of hydrogen-bond donors (Lipinski definition) is 1. The zero-order valence-corrected chi connectivity index (χ0v) is 12.1. The average Bonchev–Trinajstić information content (AvgIpc) is 2.67. The SMILES string of the molecule is CSc1ccccc1C(O)c1cc(Cl)sc1Cl. The van der Waals surface area contributed by atoms with Crippen LogP contribution in [0.2, 0.25) is 8.67 Å². The van der Waals surface area contributed by atoms with Crippen molar-refractivity contribution < 1.29 is 5.11 Å².